The Morgan fingerprint density at radius 3 is 2.32 bits per heavy atom. The van der Waals surface area contributed by atoms with Gasteiger partial charge in [-0.05, 0) is 48.3 Å². The molecule has 0 heterocycles. The highest BCUT2D eigenvalue weighted by Crippen LogP contribution is 2.05. The Kier molecular flexibility index (Phi) is 8.48. The van der Waals surface area contributed by atoms with Gasteiger partial charge < -0.3 is 5.32 Å². The molecule has 28 heavy (non-hydrogen) atoms. The first-order valence-electron chi connectivity index (χ1n) is 8.67. The van der Waals surface area contributed by atoms with Gasteiger partial charge in [0.2, 0.25) is 5.91 Å². The summed E-state index contributed by atoms with van der Waals surface area (Å²) in [6, 6.07) is 13.3. The molecule has 0 aliphatic heterocycles. The molecule has 8 heteroatoms. The van der Waals surface area contributed by atoms with Gasteiger partial charge in [-0.15, -0.1) is 0 Å². The third kappa shape index (κ3) is 7.03. The second-order valence-corrected chi connectivity index (χ2v) is 7.00. The Morgan fingerprint density at radius 2 is 1.68 bits per heavy atom. The van der Waals surface area contributed by atoms with E-state index in [9.17, 15) is 18.8 Å². The quantitative estimate of drug-likeness (QED) is 0.589. The molecule has 3 amide bonds. The van der Waals surface area contributed by atoms with Crippen molar-refractivity contribution in [3.8, 4) is 0 Å². The van der Waals surface area contributed by atoms with Crippen LogP contribution < -0.4 is 16.2 Å². The molecule has 3 N–H and O–H groups in total. The molecule has 0 unspecified atom stereocenters. The molecule has 2 aromatic carbocycles. The average Bonchev–Trinajstić information content (AvgIpc) is 2.71. The van der Waals surface area contributed by atoms with Crippen molar-refractivity contribution in [3.63, 3.8) is 0 Å². The largest absolute Gasteiger partial charge is 0.340 e. The maximum atomic E-state index is 12.9. The molecule has 2 aromatic rings. The Morgan fingerprint density at radius 1 is 1.00 bits per heavy atom. The minimum absolute atomic E-state index is 0.00753. The van der Waals surface area contributed by atoms with Crippen LogP contribution >= 0.6 is 11.8 Å². The molecule has 0 radical (unpaired) electrons. The van der Waals surface area contributed by atoms with E-state index in [-0.39, 0.29) is 18.1 Å². The van der Waals surface area contributed by atoms with Crippen LogP contribution in [0, 0.1) is 5.82 Å². The van der Waals surface area contributed by atoms with Crippen molar-refractivity contribution >= 4 is 29.5 Å². The van der Waals surface area contributed by atoms with Gasteiger partial charge in [-0.1, -0.05) is 30.3 Å². The first kappa shape index (κ1) is 21.4. The van der Waals surface area contributed by atoms with Gasteiger partial charge in [0.05, 0.1) is 6.42 Å². The normalized spacial score (nSPS) is 11.4. The average molecular weight is 403 g/mol. The third-order valence-corrected chi connectivity index (χ3v) is 4.52. The fourth-order valence-corrected chi connectivity index (χ4v) is 2.86. The molecule has 0 aliphatic carbocycles. The zero-order valence-electron chi connectivity index (χ0n) is 15.4. The maximum Gasteiger partial charge on any atom is 0.260 e. The van der Waals surface area contributed by atoms with E-state index in [1.54, 1.807) is 42.1 Å². The number of carbonyl (C=O) groups is 3. The summed E-state index contributed by atoms with van der Waals surface area (Å²) in [5.41, 5.74) is 5.73. The summed E-state index contributed by atoms with van der Waals surface area (Å²) in [5.74, 6) is -1.04. The number of benzene rings is 2. The fraction of sp³-hybridized carbons (Fsp3) is 0.250. The standard InChI is InChI=1S/C20H22FN3O3S/c1-28-12-11-17(22-19(26)15-5-3-2-4-6-15)20(27)24-23-18(25)13-14-7-9-16(21)10-8-14/h2-10,17H,11-13H2,1H3,(H,22,26)(H,23,25)(H,24,27)/t17-/m1/s1. The number of thioether (sulfide) groups is 1. The molecule has 0 aliphatic rings. The van der Waals surface area contributed by atoms with E-state index >= 15 is 0 Å². The van der Waals surface area contributed by atoms with E-state index in [2.05, 4.69) is 16.2 Å². The first-order valence-corrected chi connectivity index (χ1v) is 10.1. The van der Waals surface area contributed by atoms with Crippen LogP contribution in [0.25, 0.3) is 0 Å². The predicted octanol–water partition coefficient (Wildman–Crippen LogP) is 2.07. The minimum Gasteiger partial charge on any atom is -0.340 e. The van der Waals surface area contributed by atoms with E-state index < -0.39 is 17.9 Å². The van der Waals surface area contributed by atoms with Gasteiger partial charge in [0.15, 0.2) is 0 Å². The number of hydrogen-bond acceptors (Lipinski definition) is 4. The molecule has 1 atom stereocenters. The van der Waals surface area contributed by atoms with Gasteiger partial charge in [-0.2, -0.15) is 11.8 Å². The second-order valence-electron chi connectivity index (χ2n) is 6.01. The van der Waals surface area contributed by atoms with Crippen molar-refractivity contribution in [1.29, 1.82) is 0 Å². The lowest BCUT2D eigenvalue weighted by Gasteiger charge is -2.18. The number of hydrazine groups is 1. The van der Waals surface area contributed by atoms with E-state index in [0.717, 1.165) is 0 Å². The lowest BCUT2D eigenvalue weighted by Crippen LogP contribution is -2.52. The predicted molar refractivity (Wildman–Crippen MR) is 107 cm³/mol. The van der Waals surface area contributed by atoms with Crippen LogP contribution in [0.15, 0.2) is 54.6 Å². The van der Waals surface area contributed by atoms with Gasteiger partial charge in [-0.3, -0.25) is 25.2 Å². The van der Waals surface area contributed by atoms with Crippen molar-refractivity contribution in [1.82, 2.24) is 16.2 Å². The summed E-state index contributed by atoms with van der Waals surface area (Å²) in [6.45, 7) is 0. The van der Waals surface area contributed by atoms with Gasteiger partial charge in [0.1, 0.15) is 11.9 Å². The Bertz CT molecular complexity index is 800. The zero-order valence-corrected chi connectivity index (χ0v) is 16.2. The van der Waals surface area contributed by atoms with E-state index in [0.29, 0.717) is 23.3 Å². The SMILES string of the molecule is CSCC[C@@H](NC(=O)c1ccccc1)C(=O)NNC(=O)Cc1ccc(F)cc1. The monoisotopic (exact) mass is 403 g/mol. The highest BCUT2D eigenvalue weighted by molar-refractivity contribution is 7.98. The van der Waals surface area contributed by atoms with Crippen LogP contribution in [0.1, 0.15) is 22.3 Å². The number of rotatable bonds is 8. The van der Waals surface area contributed by atoms with Crippen molar-refractivity contribution in [3.05, 3.63) is 71.5 Å². The number of amides is 3. The number of nitrogens with one attached hydrogen (secondary N) is 3. The van der Waals surface area contributed by atoms with Crippen LogP contribution in [0.2, 0.25) is 0 Å². The highest BCUT2D eigenvalue weighted by Gasteiger charge is 2.21. The number of halogens is 1. The van der Waals surface area contributed by atoms with Crippen molar-refractivity contribution in [2.75, 3.05) is 12.0 Å². The summed E-state index contributed by atoms with van der Waals surface area (Å²) < 4.78 is 12.9. The van der Waals surface area contributed by atoms with Gasteiger partial charge in [0.25, 0.3) is 11.8 Å². The van der Waals surface area contributed by atoms with Crippen LogP contribution in [0.5, 0.6) is 0 Å². The van der Waals surface area contributed by atoms with Crippen LogP contribution in [-0.4, -0.2) is 35.8 Å². The highest BCUT2D eigenvalue weighted by atomic mass is 32.2. The maximum absolute atomic E-state index is 12.9. The van der Waals surface area contributed by atoms with Crippen molar-refractivity contribution < 1.29 is 18.8 Å². The van der Waals surface area contributed by atoms with Gasteiger partial charge >= 0.3 is 0 Å². The van der Waals surface area contributed by atoms with Crippen LogP contribution in [-0.2, 0) is 16.0 Å². The van der Waals surface area contributed by atoms with Gasteiger partial charge in [-0.25, -0.2) is 4.39 Å². The number of carbonyl (C=O) groups excluding carboxylic acids is 3. The summed E-state index contributed by atoms with van der Waals surface area (Å²) in [7, 11) is 0. The fourth-order valence-electron chi connectivity index (χ4n) is 2.39. The Balaban J connectivity index is 1.89. The summed E-state index contributed by atoms with van der Waals surface area (Å²) in [4.78, 5) is 36.7. The topological polar surface area (TPSA) is 87.3 Å². The molecular formula is C20H22FN3O3S. The number of hydrogen-bond donors (Lipinski definition) is 3. The third-order valence-electron chi connectivity index (χ3n) is 3.87. The summed E-state index contributed by atoms with van der Waals surface area (Å²) in [6.07, 6.45) is 2.31. The summed E-state index contributed by atoms with van der Waals surface area (Å²) in [5, 5.41) is 2.69. The lowest BCUT2D eigenvalue weighted by molar-refractivity contribution is -0.129. The van der Waals surface area contributed by atoms with E-state index in [1.807, 2.05) is 6.26 Å². The van der Waals surface area contributed by atoms with Crippen molar-refractivity contribution in [2.24, 2.45) is 0 Å². The molecular weight excluding hydrogens is 381 g/mol. The summed E-state index contributed by atoms with van der Waals surface area (Å²) >= 11 is 1.55. The Labute approximate surface area is 167 Å². The smallest absolute Gasteiger partial charge is 0.260 e. The Hall–Kier alpha value is -2.87. The molecule has 0 bridgehead atoms. The molecule has 0 aromatic heterocycles. The molecule has 0 spiro atoms. The van der Waals surface area contributed by atoms with E-state index in [4.69, 9.17) is 0 Å². The van der Waals surface area contributed by atoms with Crippen LogP contribution in [0.3, 0.4) is 0 Å². The van der Waals surface area contributed by atoms with Crippen LogP contribution in [0.4, 0.5) is 4.39 Å². The first-order chi connectivity index (χ1) is 13.5. The van der Waals surface area contributed by atoms with Gasteiger partial charge in [0, 0.05) is 5.56 Å². The molecule has 0 saturated carbocycles. The second kappa shape index (κ2) is 11.1. The van der Waals surface area contributed by atoms with Crippen molar-refractivity contribution in [2.45, 2.75) is 18.9 Å². The molecule has 0 fully saturated rings. The molecule has 6 nitrogen and oxygen atoms in total. The molecule has 148 valence electrons. The minimum atomic E-state index is -0.786. The molecule has 0 saturated heterocycles. The van der Waals surface area contributed by atoms with E-state index in [1.165, 1.54) is 24.3 Å². The zero-order chi connectivity index (χ0) is 20.4. The lowest BCUT2D eigenvalue weighted by atomic mass is 10.1. The molecule has 2 rings (SSSR count).